The van der Waals surface area contributed by atoms with Crippen molar-refractivity contribution in [1.82, 2.24) is 20.5 Å². The fourth-order valence-corrected chi connectivity index (χ4v) is 9.53. The third kappa shape index (κ3) is 4.97. The lowest BCUT2D eigenvalue weighted by Crippen LogP contribution is -2.51. The van der Waals surface area contributed by atoms with Gasteiger partial charge in [-0.3, -0.25) is 4.90 Å². The van der Waals surface area contributed by atoms with Crippen LogP contribution in [0, 0.1) is 17.8 Å². The highest BCUT2D eigenvalue weighted by Crippen LogP contribution is 2.48. The predicted octanol–water partition coefficient (Wildman–Crippen LogP) is 3.32. The van der Waals surface area contributed by atoms with Crippen LogP contribution in [0.2, 0.25) is 0 Å². The van der Waals surface area contributed by atoms with Crippen LogP contribution in [-0.4, -0.2) is 53.7 Å². The van der Waals surface area contributed by atoms with Gasteiger partial charge in [0.15, 0.2) is 0 Å². The minimum atomic E-state index is -3.29. The van der Waals surface area contributed by atoms with Gasteiger partial charge < -0.3 is 0 Å². The summed E-state index contributed by atoms with van der Waals surface area (Å²) in [6.07, 6.45) is 8.46. The summed E-state index contributed by atoms with van der Waals surface area (Å²) in [5, 5.41) is 0.0631. The molecule has 2 heterocycles. The lowest BCUT2D eigenvalue weighted by molar-refractivity contribution is 0.149. The van der Waals surface area contributed by atoms with Crippen LogP contribution in [-0.2, 0) is 10.0 Å². The van der Waals surface area contributed by atoms with Crippen LogP contribution in [0.4, 0.5) is 4.39 Å². The van der Waals surface area contributed by atoms with E-state index in [-0.39, 0.29) is 16.3 Å². The first-order valence-electron chi connectivity index (χ1n) is 12.3. The molecular weight excluding hydrogens is 435 g/mol. The Morgan fingerprint density at radius 1 is 1.13 bits per heavy atom. The lowest BCUT2D eigenvalue weighted by atomic mass is 9.74. The van der Waals surface area contributed by atoms with E-state index in [1.54, 1.807) is 0 Å². The van der Waals surface area contributed by atoms with Gasteiger partial charge in [0, 0.05) is 18.1 Å². The van der Waals surface area contributed by atoms with Crippen LogP contribution in [0.25, 0.3) is 0 Å². The van der Waals surface area contributed by atoms with E-state index >= 15 is 0 Å². The molecule has 3 aliphatic carbocycles. The Labute approximate surface area is 191 Å². The van der Waals surface area contributed by atoms with Crippen molar-refractivity contribution in [2.45, 2.75) is 112 Å². The molecule has 5 rings (SSSR count). The second kappa shape index (κ2) is 8.69. The summed E-state index contributed by atoms with van der Waals surface area (Å²) in [5.74, 6) is 1.79. The van der Waals surface area contributed by atoms with Crippen LogP contribution >= 0.6 is 11.8 Å². The third-order valence-electron chi connectivity index (χ3n) is 8.58. The molecule has 5 aliphatic rings. The van der Waals surface area contributed by atoms with Crippen LogP contribution in [0.5, 0.6) is 0 Å². The molecule has 6 atom stereocenters. The highest BCUT2D eigenvalue weighted by Gasteiger charge is 2.52. The Balaban J connectivity index is 1.30. The van der Waals surface area contributed by atoms with Gasteiger partial charge in [-0.2, -0.15) is 0 Å². The molecule has 3 N–H and O–H groups in total. The van der Waals surface area contributed by atoms with Gasteiger partial charge in [-0.15, -0.1) is 11.8 Å². The van der Waals surface area contributed by atoms with Gasteiger partial charge in [0.1, 0.15) is 11.7 Å². The van der Waals surface area contributed by atoms with E-state index in [9.17, 15) is 12.8 Å². The van der Waals surface area contributed by atoms with E-state index < -0.39 is 16.2 Å². The molecule has 0 amide bonds. The summed E-state index contributed by atoms with van der Waals surface area (Å²) >= 11 is 1.88. The van der Waals surface area contributed by atoms with Crippen molar-refractivity contribution in [3.05, 3.63) is 0 Å². The van der Waals surface area contributed by atoms with Crippen LogP contribution in [0.3, 0.4) is 0 Å². The van der Waals surface area contributed by atoms with Gasteiger partial charge in [0.2, 0.25) is 10.0 Å². The van der Waals surface area contributed by atoms with Crippen molar-refractivity contribution in [2.24, 2.45) is 17.8 Å². The molecule has 3 saturated carbocycles. The number of alkyl halides is 1. The normalized spacial score (nSPS) is 45.5. The Morgan fingerprint density at radius 3 is 2.52 bits per heavy atom. The molecule has 5 fully saturated rings. The van der Waals surface area contributed by atoms with E-state index in [2.05, 4.69) is 27.4 Å². The number of sulfonamides is 1. The topological polar surface area (TPSA) is 73.5 Å². The first kappa shape index (κ1) is 22.8. The molecule has 0 bridgehead atoms. The summed E-state index contributed by atoms with van der Waals surface area (Å²) in [7, 11) is -3.29. The standard InChI is InChI=1S/C22H39FN4O2S2/c1-14-24-25-21(30-14)27-13-16(11-15-3-5-17(23)6-4-15)19-8-7-18(12-20(19)27)31(28,29)26-22(2)9-10-22/h14-21,24-26H,3-13H2,1-2H3. The Hall–Kier alpha value is 0.0700. The average molecular weight is 475 g/mol. The second-order valence-electron chi connectivity index (χ2n) is 11.1. The number of rotatable bonds is 6. The van der Waals surface area contributed by atoms with Crippen LogP contribution in [0.1, 0.15) is 78.1 Å². The smallest absolute Gasteiger partial charge is 0.215 e. The maximum atomic E-state index is 13.6. The van der Waals surface area contributed by atoms with Crippen LogP contribution < -0.4 is 15.6 Å². The minimum Gasteiger partial charge on any atom is -0.275 e. The number of hydrazine groups is 1. The maximum Gasteiger partial charge on any atom is 0.215 e. The molecule has 6 unspecified atom stereocenters. The van der Waals surface area contributed by atoms with E-state index in [1.807, 2.05) is 18.7 Å². The fraction of sp³-hybridized carbons (Fsp3) is 1.00. The number of nitrogens with one attached hydrogen (secondary N) is 3. The summed E-state index contributed by atoms with van der Waals surface area (Å²) < 4.78 is 42.9. The Kier molecular flexibility index (Phi) is 6.40. The number of nitrogens with zero attached hydrogens (tertiary/aromatic N) is 1. The number of hydrogen-bond acceptors (Lipinski definition) is 6. The summed E-state index contributed by atoms with van der Waals surface area (Å²) in [6.45, 7) is 5.21. The summed E-state index contributed by atoms with van der Waals surface area (Å²) in [5.41, 5.74) is 6.76. The summed E-state index contributed by atoms with van der Waals surface area (Å²) in [4.78, 5) is 2.55. The molecule has 178 valence electrons. The monoisotopic (exact) mass is 474 g/mol. The Morgan fingerprint density at radius 2 is 1.87 bits per heavy atom. The van der Waals surface area contributed by atoms with Crippen molar-refractivity contribution in [1.29, 1.82) is 0 Å². The van der Waals surface area contributed by atoms with Crippen molar-refractivity contribution in [3.63, 3.8) is 0 Å². The Bertz CT molecular complexity index is 757. The molecule has 0 radical (unpaired) electrons. The molecule has 0 aromatic heterocycles. The lowest BCUT2D eigenvalue weighted by Gasteiger charge is -2.39. The molecule has 2 aliphatic heterocycles. The van der Waals surface area contributed by atoms with Gasteiger partial charge in [0.05, 0.1) is 10.6 Å². The molecule has 0 aromatic rings. The molecular formula is C22H39FN4O2S2. The average Bonchev–Trinajstić information content (AvgIpc) is 3.12. The van der Waals surface area contributed by atoms with E-state index in [0.717, 1.165) is 64.3 Å². The number of fused-ring (bicyclic) bond motifs is 1. The van der Waals surface area contributed by atoms with Gasteiger partial charge in [-0.1, -0.05) is 0 Å². The first-order valence-corrected chi connectivity index (χ1v) is 14.8. The van der Waals surface area contributed by atoms with Crippen molar-refractivity contribution < 1.29 is 12.8 Å². The number of halogens is 1. The van der Waals surface area contributed by atoms with E-state index in [0.29, 0.717) is 29.2 Å². The highest BCUT2D eigenvalue weighted by atomic mass is 32.2. The van der Waals surface area contributed by atoms with Gasteiger partial charge in [-0.05, 0) is 95.8 Å². The fourth-order valence-electron chi connectivity index (χ4n) is 6.52. The SMILES string of the molecule is CC1NNC(N2CC(CC3CCC(F)CC3)C3CCC(S(=O)(=O)NC4(C)CC4)CC32)S1. The third-order valence-corrected chi connectivity index (χ3v) is 11.8. The van der Waals surface area contributed by atoms with Crippen molar-refractivity contribution in [3.8, 4) is 0 Å². The molecule has 2 saturated heterocycles. The van der Waals surface area contributed by atoms with Crippen molar-refractivity contribution >= 4 is 21.8 Å². The van der Waals surface area contributed by atoms with Crippen molar-refractivity contribution in [2.75, 3.05) is 6.54 Å². The number of likely N-dealkylation sites (tertiary alicyclic amines) is 1. The second-order valence-corrected chi connectivity index (χ2v) is 14.5. The minimum absolute atomic E-state index is 0.199. The maximum absolute atomic E-state index is 13.6. The quantitative estimate of drug-likeness (QED) is 0.549. The molecule has 9 heteroatoms. The first-order chi connectivity index (χ1) is 14.7. The predicted molar refractivity (Wildman–Crippen MR) is 123 cm³/mol. The molecule has 31 heavy (non-hydrogen) atoms. The highest BCUT2D eigenvalue weighted by molar-refractivity contribution is 8.00. The number of hydrogen-bond donors (Lipinski definition) is 3. The summed E-state index contributed by atoms with van der Waals surface area (Å²) in [6, 6.07) is 0.307. The number of thioether (sulfide) groups is 1. The zero-order valence-electron chi connectivity index (χ0n) is 18.9. The molecule has 0 spiro atoms. The van der Waals surface area contributed by atoms with Gasteiger partial charge in [-0.25, -0.2) is 28.4 Å². The van der Waals surface area contributed by atoms with Crippen LogP contribution in [0.15, 0.2) is 0 Å². The molecule has 0 aromatic carbocycles. The largest absolute Gasteiger partial charge is 0.275 e. The van der Waals surface area contributed by atoms with Gasteiger partial charge >= 0.3 is 0 Å². The zero-order valence-corrected chi connectivity index (χ0v) is 20.5. The zero-order chi connectivity index (χ0) is 21.8. The molecule has 6 nitrogen and oxygen atoms in total. The van der Waals surface area contributed by atoms with E-state index in [4.69, 9.17) is 0 Å². The van der Waals surface area contributed by atoms with Gasteiger partial charge in [0.25, 0.3) is 0 Å². The van der Waals surface area contributed by atoms with E-state index in [1.165, 1.54) is 6.42 Å².